The second kappa shape index (κ2) is 3.64. The van der Waals surface area contributed by atoms with Crippen LogP contribution in [-0.4, -0.2) is 16.4 Å². The number of alkyl halides is 1. The molecule has 1 fully saturated rings. The number of halogens is 1. The number of pyridine rings is 1. The van der Waals surface area contributed by atoms with Crippen LogP contribution in [0.1, 0.15) is 18.4 Å². The van der Waals surface area contributed by atoms with Crippen molar-refractivity contribution < 1.29 is 0 Å². The van der Waals surface area contributed by atoms with Crippen LogP contribution in [0.3, 0.4) is 0 Å². The molecule has 0 atom stereocenters. The Kier molecular flexibility index (Phi) is 2.51. The fourth-order valence-electron chi connectivity index (χ4n) is 1.30. The average Bonchev–Trinajstić information content (AvgIpc) is 2.97. The predicted octanol–water partition coefficient (Wildman–Crippen LogP) is 1.94. The number of aromatic nitrogens is 1. The fourth-order valence-corrected chi connectivity index (χ4v) is 1.66. The number of rotatable bonds is 4. The third-order valence-electron chi connectivity index (χ3n) is 2.53. The second-order valence-corrected chi connectivity index (χ2v) is 3.89. The average molecular weight is 197 g/mol. The van der Waals surface area contributed by atoms with Gasteiger partial charge in [0, 0.05) is 30.4 Å². The predicted molar refractivity (Wildman–Crippen MR) is 53.8 cm³/mol. The highest BCUT2D eigenvalue weighted by molar-refractivity contribution is 6.18. The van der Waals surface area contributed by atoms with E-state index >= 15 is 0 Å². The lowest BCUT2D eigenvalue weighted by Crippen LogP contribution is -2.32. The van der Waals surface area contributed by atoms with Crippen LogP contribution in [0.15, 0.2) is 24.5 Å². The number of hydrogen-bond acceptors (Lipinski definition) is 2. The zero-order chi connectivity index (χ0) is 9.15. The highest BCUT2D eigenvalue weighted by Gasteiger charge is 2.40. The standard InChI is InChI=1S/C10H13ClN2/c11-8-10(3-4-10)13-7-9-1-5-12-6-2-9/h1-2,5-6,13H,3-4,7-8H2. The maximum absolute atomic E-state index is 5.85. The van der Waals surface area contributed by atoms with Crippen LogP contribution in [0, 0.1) is 0 Å². The maximum atomic E-state index is 5.85. The van der Waals surface area contributed by atoms with E-state index in [1.165, 1.54) is 18.4 Å². The molecule has 0 spiro atoms. The summed E-state index contributed by atoms with van der Waals surface area (Å²) in [6.45, 7) is 0.898. The molecular weight excluding hydrogens is 184 g/mol. The summed E-state index contributed by atoms with van der Waals surface area (Å²) in [5, 5.41) is 3.48. The van der Waals surface area contributed by atoms with Gasteiger partial charge in [-0.1, -0.05) is 0 Å². The first-order chi connectivity index (χ1) is 6.35. The highest BCUT2D eigenvalue weighted by Crippen LogP contribution is 2.36. The minimum Gasteiger partial charge on any atom is -0.306 e. The zero-order valence-electron chi connectivity index (χ0n) is 7.46. The molecule has 13 heavy (non-hydrogen) atoms. The molecule has 70 valence electrons. The van der Waals surface area contributed by atoms with E-state index in [0.29, 0.717) is 0 Å². The highest BCUT2D eigenvalue weighted by atomic mass is 35.5. The molecular formula is C10H13ClN2. The minimum atomic E-state index is 0.241. The Hall–Kier alpha value is -0.600. The van der Waals surface area contributed by atoms with Crippen molar-refractivity contribution >= 4 is 11.6 Å². The van der Waals surface area contributed by atoms with Crippen molar-refractivity contribution in [1.29, 1.82) is 0 Å². The van der Waals surface area contributed by atoms with E-state index in [4.69, 9.17) is 11.6 Å². The van der Waals surface area contributed by atoms with Gasteiger partial charge in [0.05, 0.1) is 0 Å². The van der Waals surface area contributed by atoms with Crippen LogP contribution in [0.4, 0.5) is 0 Å². The maximum Gasteiger partial charge on any atom is 0.0406 e. The molecule has 2 nitrogen and oxygen atoms in total. The molecule has 1 saturated carbocycles. The molecule has 3 heteroatoms. The largest absolute Gasteiger partial charge is 0.306 e. The van der Waals surface area contributed by atoms with Crippen molar-refractivity contribution in [3.8, 4) is 0 Å². The summed E-state index contributed by atoms with van der Waals surface area (Å²) in [6, 6.07) is 4.05. The van der Waals surface area contributed by atoms with E-state index in [1.54, 1.807) is 0 Å². The van der Waals surface area contributed by atoms with Crippen molar-refractivity contribution in [3.63, 3.8) is 0 Å². The van der Waals surface area contributed by atoms with Gasteiger partial charge < -0.3 is 5.32 Å². The van der Waals surface area contributed by atoms with E-state index in [1.807, 2.05) is 24.5 Å². The van der Waals surface area contributed by atoms with Crippen molar-refractivity contribution in [2.45, 2.75) is 24.9 Å². The smallest absolute Gasteiger partial charge is 0.0406 e. The summed E-state index contributed by atoms with van der Waals surface area (Å²) < 4.78 is 0. The van der Waals surface area contributed by atoms with Crippen molar-refractivity contribution in [2.75, 3.05) is 5.88 Å². The van der Waals surface area contributed by atoms with Crippen LogP contribution in [-0.2, 0) is 6.54 Å². The van der Waals surface area contributed by atoms with Gasteiger partial charge in [0.15, 0.2) is 0 Å². The topological polar surface area (TPSA) is 24.9 Å². The zero-order valence-corrected chi connectivity index (χ0v) is 8.22. The molecule has 1 aromatic heterocycles. The van der Waals surface area contributed by atoms with Crippen LogP contribution in [0.2, 0.25) is 0 Å². The second-order valence-electron chi connectivity index (χ2n) is 3.62. The van der Waals surface area contributed by atoms with Crippen molar-refractivity contribution in [3.05, 3.63) is 30.1 Å². The summed E-state index contributed by atoms with van der Waals surface area (Å²) in [5.74, 6) is 0.720. The summed E-state index contributed by atoms with van der Waals surface area (Å²) in [6.07, 6.45) is 6.05. The molecule has 0 aromatic carbocycles. The van der Waals surface area contributed by atoms with Crippen LogP contribution in [0.25, 0.3) is 0 Å². The molecule has 0 saturated heterocycles. The Morgan fingerprint density at radius 1 is 1.38 bits per heavy atom. The normalized spacial score (nSPS) is 18.5. The van der Waals surface area contributed by atoms with E-state index in [9.17, 15) is 0 Å². The number of hydrogen-bond donors (Lipinski definition) is 1. The lowest BCUT2D eigenvalue weighted by molar-refractivity contribution is 0.542. The van der Waals surface area contributed by atoms with Gasteiger partial charge in [-0.05, 0) is 30.5 Å². The summed E-state index contributed by atoms with van der Waals surface area (Å²) in [4.78, 5) is 3.97. The molecule has 2 rings (SSSR count). The Balaban J connectivity index is 1.86. The molecule has 0 aliphatic heterocycles. The van der Waals surface area contributed by atoms with Gasteiger partial charge in [0.1, 0.15) is 0 Å². The van der Waals surface area contributed by atoms with Gasteiger partial charge in [0.25, 0.3) is 0 Å². The Morgan fingerprint density at radius 2 is 2.08 bits per heavy atom. The van der Waals surface area contributed by atoms with Gasteiger partial charge in [-0.15, -0.1) is 11.6 Å². The van der Waals surface area contributed by atoms with E-state index < -0.39 is 0 Å². The molecule has 0 amide bonds. The molecule has 1 aliphatic carbocycles. The third-order valence-corrected chi connectivity index (χ3v) is 3.04. The van der Waals surface area contributed by atoms with Gasteiger partial charge in [-0.2, -0.15) is 0 Å². The van der Waals surface area contributed by atoms with E-state index in [0.717, 1.165) is 12.4 Å². The fraction of sp³-hybridized carbons (Fsp3) is 0.500. The van der Waals surface area contributed by atoms with Crippen LogP contribution in [0.5, 0.6) is 0 Å². The van der Waals surface area contributed by atoms with Crippen LogP contribution >= 0.6 is 11.6 Å². The Morgan fingerprint density at radius 3 is 2.62 bits per heavy atom. The number of nitrogens with zero attached hydrogens (tertiary/aromatic N) is 1. The van der Waals surface area contributed by atoms with E-state index in [2.05, 4.69) is 10.3 Å². The lowest BCUT2D eigenvalue weighted by atomic mass is 10.2. The minimum absolute atomic E-state index is 0.241. The third kappa shape index (κ3) is 2.20. The molecule has 0 unspecified atom stereocenters. The molecule has 1 heterocycles. The molecule has 1 N–H and O–H groups in total. The van der Waals surface area contributed by atoms with Crippen molar-refractivity contribution in [1.82, 2.24) is 10.3 Å². The summed E-state index contributed by atoms with van der Waals surface area (Å²) in [5.41, 5.74) is 1.51. The number of nitrogens with one attached hydrogen (secondary N) is 1. The SMILES string of the molecule is ClCC1(NCc2ccncc2)CC1. The summed E-state index contributed by atoms with van der Waals surface area (Å²) >= 11 is 5.85. The lowest BCUT2D eigenvalue weighted by Gasteiger charge is -2.13. The van der Waals surface area contributed by atoms with Crippen LogP contribution < -0.4 is 5.32 Å². The first kappa shape index (κ1) is 8.97. The van der Waals surface area contributed by atoms with E-state index in [-0.39, 0.29) is 5.54 Å². The monoisotopic (exact) mass is 196 g/mol. The van der Waals surface area contributed by atoms with Crippen molar-refractivity contribution in [2.24, 2.45) is 0 Å². The molecule has 1 aromatic rings. The first-order valence-electron chi connectivity index (χ1n) is 4.55. The van der Waals surface area contributed by atoms with Gasteiger partial charge in [0.2, 0.25) is 0 Å². The molecule has 0 bridgehead atoms. The first-order valence-corrected chi connectivity index (χ1v) is 5.08. The molecule has 1 aliphatic rings. The Bertz CT molecular complexity index is 270. The van der Waals surface area contributed by atoms with Gasteiger partial charge in [-0.3, -0.25) is 4.98 Å². The quantitative estimate of drug-likeness (QED) is 0.745. The molecule has 0 radical (unpaired) electrons. The summed E-state index contributed by atoms with van der Waals surface area (Å²) in [7, 11) is 0. The Labute approximate surface area is 83.3 Å². The van der Waals surface area contributed by atoms with Gasteiger partial charge in [-0.25, -0.2) is 0 Å². The van der Waals surface area contributed by atoms with Gasteiger partial charge >= 0.3 is 0 Å².